The van der Waals surface area contributed by atoms with Crippen molar-refractivity contribution in [3.05, 3.63) is 46.6 Å². The number of hydrogen-bond donors (Lipinski definition) is 0. The Balaban J connectivity index is 2.59. The molecule has 100 valence electrons. The third kappa shape index (κ3) is 3.20. The van der Waals surface area contributed by atoms with Crippen LogP contribution in [0, 0.1) is 12.7 Å². The Bertz CT molecular complexity index is 605. The van der Waals surface area contributed by atoms with Gasteiger partial charge in [-0.05, 0) is 30.7 Å². The van der Waals surface area contributed by atoms with Crippen molar-refractivity contribution >= 4 is 11.6 Å². The molecule has 0 saturated carbocycles. The minimum absolute atomic E-state index is 0.0741. The van der Waals surface area contributed by atoms with Gasteiger partial charge >= 0.3 is 6.18 Å². The maximum absolute atomic E-state index is 13.3. The van der Waals surface area contributed by atoms with Crippen LogP contribution in [0.5, 0.6) is 0 Å². The summed E-state index contributed by atoms with van der Waals surface area (Å²) in [5.41, 5.74) is 0.709. The van der Waals surface area contributed by atoms with Gasteiger partial charge in [-0.25, -0.2) is 14.4 Å². The first-order valence-corrected chi connectivity index (χ1v) is 5.53. The summed E-state index contributed by atoms with van der Waals surface area (Å²) in [6.45, 7) is 1.63. The highest BCUT2D eigenvalue weighted by Gasteiger charge is 2.35. The molecule has 0 saturated heterocycles. The molecule has 0 bridgehead atoms. The van der Waals surface area contributed by atoms with Crippen LogP contribution in [0.1, 0.15) is 11.4 Å². The average Bonchev–Trinajstić information content (AvgIpc) is 2.25. The Hall–Kier alpha value is -1.69. The van der Waals surface area contributed by atoms with Gasteiger partial charge in [-0.1, -0.05) is 11.6 Å². The van der Waals surface area contributed by atoms with Gasteiger partial charge in [-0.3, -0.25) is 0 Å². The molecule has 0 fully saturated rings. The minimum atomic E-state index is -4.71. The van der Waals surface area contributed by atoms with E-state index in [4.69, 9.17) is 11.6 Å². The van der Waals surface area contributed by atoms with Crippen molar-refractivity contribution in [1.29, 1.82) is 0 Å². The number of benzene rings is 1. The van der Waals surface area contributed by atoms with Crippen LogP contribution in [0.4, 0.5) is 17.6 Å². The molecular weight excluding hydrogens is 284 g/mol. The van der Waals surface area contributed by atoms with E-state index in [-0.39, 0.29) is 16.4 Å². The molecule has 0 radical (unpaired) electrons. The second-order valence-electron chi connectivity index (χ2n) is 3.91. The monoisotopic (exact) mass is 290 g/mol. The van der Waals surface area contributed by atoms with Crippen LogP contribution in [0.3, 0.4) is 0 Å². The van der Waals surface area contributed by atoms with E-state index in [1.165, 1.54) is 12.1 Å². The fraction of sp³-hybridized carbons (Fsp3) is 0.167. The van der Waals surface area contributed by atoms with Crippen LogP contribution in [-0.4, -0.2) is 9.97 Å². The maximum Gasteiger partial charge on any atom is 0.451 e. The molecule has 0 atom stereocenters. The predicted octanol–water partition coefficient (Wildman–Crippen LogP) is 4.26. The molecule has 1 aromatic carbocycles. The molecule has 0 spiro atoms. The molecule has 0 aliphatic carbocycles. The molecule has 1 aromatic heterocycles. The van der Waals surface area contributed by atoms with Crippen LogP contribution in [-0.2, 0) is 6.18 Å². The first-order valence-electron chi connectivity index (χ1n) is 5.15. The lowest BCUT2D eigenvalue weighted by Gasteiger charge is -2.08. The first-order chi connectivity index (χ1) is 8.75. The van der Waals surface area contributed by atoms with Gasteiger partial charge in [0.05, 0.1) is 5.69 Å². The molecule has 2 aromatic rings. The normalized spacial score (nSPS) is 11.7. The summed E-state index contributed by atoms with van der Waals surface area (Å²) in [4.78, 5) is 6.48. The molecule has 0 amide bonds. The molecule has 2 rings (SSSR count). The molecule has 19 heavy (non-hydrogen) atoms. The fourth-order valence-electron chi connectivity index (χ4n) is 1.58. The summed E-state index contributed by atoms with van der Waals surface area (Å²) in [6, 6.07) is 5.02. The van der Waals surface area contributed by atoms with Crippen molar-refractivity contribution < 1.29 is 17.6 Å². The smallest absolute Gasteiger partial charge is 0.224 e. The molecule has 0 unspecified atom stereocenters. The number of alkyl halides is 3. The number of rotatable bonds is 1. The number of nitrogens with zero attached hydrogens (tertiary/aromatic N) is 2. The number of halogens is 5. The zero-order chi connectivity index (χ0) is 14.2. The summed E-state index contributed by atoms with van der Waals surface area (Å²) in [7, 11) is 0. The Morgan fingerprint density at radius 1 is 1.05 bits per heavy atom. The second-order valence-corrected chi connectivity index (χ2v) is 4.30. The number of aromatic nitrogens is 2. The summed E-state index contributed by atoms with van der Waals surface area (Å²) in [5.74, 6) is -1.91. The van der Waals surface area contributed by atoms with Gasteiger partial charge in [0, 0.05) is 11.6 Å². The molecule has 0 aliphatic heterocycles. The Labute approximate surface area is 111 Å². The highest BCUT2D eigenvalue weighted by Crippen LogP contribution is 2.30. The third-order valence-electron chi connectivity index (χ3n) is 2.29. The lowest BCUT2D eigenvalue weighted by Crippen LogP contribution is -2.11. The van der Waals surface area contributed by atoms with E-state index in [0.29, 0.717) is 5.56 Å². The van der Waals surface area contributed by atoms with Crippen LogP contribution in [0.25, 0.3) is 11.3 Å². The second kappa shape index (κ2) is 4.77. The molecule has 7 heteroatoms. The zero-order valence-electron chi connectivity index (χ0n) is 9.59. The number of hydrogen-bond acceptors (Lipinski definition) is 2. The van der Waals surface area contributed by atoms with Gasteiger partial charge in [-0.2, -0.15) is 13.2 Å². The van der Waals surface area contributed by atoms with Crippen molar-refractivity contribution in [2.24, 2.45) is 0 Å². The average molecular weight is 291 g/mol. The van der Waals surface area contributed by atoms with E-state index in [2.05, 4.69) is 9.97 Å². The highest BCUT2D eigenvalue weighted by atomic mass is 35.5. The largest absolute Gasteiger partial charge is 0.451 e. The molecule has 1 heterocycles. The topological polar surface area (TPSA) is 25.8 Å². The predicted molar refractivity (Wildman–Crippen MR) is 62.2 cm³/mol. The highest BCUT2D eigenvalue weighted by molar-refractivity contribution is 6.29. The van der Waals surface area contributed by atoms with E-state index in [1.54, 1.807) is 6.92 Å². The van der Waals surface area contributed by atoms with Crippen molar-refractivity contribution in [1.82, 2.24) is 9.97 Å². The standard InChI is InChI=1S/C12H7ClF4N2/c1-6-2-7(4-8(14)3-6)9-5-10(13)19-11(18-9)12(15,16)17/h2-5H,1H3. The van der Waals surface area contributed by atoms with Gasteiger partial charge in [0.15, 0.2) is 0 Å². The summed E-state index contributed by atoms with van der Waals surface area (Å²) in [6.07, 6.45) is -4.71. The van der Waals surface area contributed by atoms with Gasteiger partial charge < -0.3 is 0 Å². The lowest BCUT2D eigenvalue weighted by molar-refractivity contribution is -0.144. The molecule has 2 nitrogen and oxygen atoms in total. The van der Waals surface area contributed by atoms with E-state index < -0.39 is 17.8 Å². The summed E-state index contributed by atoms with van der Waals surface area (Å²) in [5, 5.41) is -0.348. The summed E-state index contributed by atoms with van der Waals surface area (Å²) < 4.78 is 50.9. The van der Waals surface area contributed by atoms with E-state index in [0.717, 1.165) is 12.1 Å². The van der Waals surface area contributed by atoms with Crippen molar-refractivity contribution in [2.75, 3.05) is 0 Å². The molecule has 0 N–H and O–H groups in total. The Morgan fingerprint density at radius 2 is 1.74 bits per heavy atom. The van der Waals surface area contributed by atoms with Crippen molar-refractivity contribution in [3.8, 4) is 11.3 Å². The quantitative estimate of drug-likeness (QED) is 0.579. The van der Waals surface area contributed by atoms with Crippen molar-refractivity contribution in [3.63, 3.8) is 0 Å². The third-order valence-corrected chi connectivity index (χ3v) is 2.48. The number of aryl methyl sites for hydroxylation is 1. The van der Waals surface area contributed by atoms with Gasteiger partial charge in [0.25, 0.3) is 0 Å². The maximum atomic E-state index is 13.3. The van der Waals surface area contributed by atoms with Crippen LogP contribution in [0.15, 0.2) is 24.3 Å². The summed E-state index contributed by atoms with van der Waals surface area (Å²) >= 11 is 5.54. The molecule has 0 aliphatic rings. The lowest BCUT2D eigenvalue weighted by atomic mass is 10.1. The van der Waals surface area contributed by atoms with Gasteiger partial charge in [0.2, 0.25) is 5.82 Å². The zero-order valence-corrected chi connectivity index (χ0v) is 10.3. The van der Waals surface area contributed by atoms with Crippen LogP contribution in [0.2, 0.25) is 5.15 Å². The first kappa shape index (κ1) is 13.7. The fourth-order valence-corrected chi connectivity index (χ4v) is 1.76. The SMILES string of the molecule is Cc1cc(F)cc(-c2cc(Cl)nc(C(F)(F)F)n2)c1. The van der Waals surface area contributed by atoms with Gasteiger partial charge in [0.1, 0.15) is 11.0 Å². The van der Waals surface area contributed by atoms with E-state index >= 15 is 0 Å². The van der Waals surface area contributed by atoms with E-state index in [1.807, 2.05) is 0 Å². The Kier molecular flexibility index (Phi) is 3.45. The minimum Gasteiger partial charge on any atom is -0.224 e. The van der Waals surface area contributed by atoms with E-state index in [9.17, 15) is 17.6 Å². The van der Waals surface area contributed by atoms with Crippen LogP contribution < -0.4 is 0 Å². The Morgan fingerprint density at radius 3 is 2.32 bits per heavy atom. The van der Waals surface area contributed by atoms with Crippen LogP contribution >= 0.6 is 11.6 Å². The molecular formula is C12H7ClF4N2. The van der Waals surface area contributed by atoms with Gasteiger partial charge in [-0.15, -0.1) is 0 Å². The van der Waals surface area contributed by atoms with Crippen molar-refractivity contribution in [2.45, 2.75) is 13.1 Å².